The van der Waals surface area contributed by atoms with E-state index in [-0.39, 0.29) is 0 Å². The molecule has 0 amide bonds. The van der Waals surface area contributed by atoms with Gasteiger partial charge in [0.15, 0.2) is 5.11 Å². The molecule has 2 rings (SSSR count). The SMILES string of the molecule is COc1ccc(CNC(=S)N2C[C@@H](C)C[C@H](C)C2)cc1. The molecule has 0 spiro atoms. The summed E-state index contributed by atoms with van der Waals surface area (Å²) in [4.78, 5) is 2.30. The second-order valence-corrected chi connectivity index (χ2v) is 6.24. The fourth-order valence-corrected chi connectivity index (χ4v) is 3.08. The molecule has 1 fully saturated rings. The Morgan fingerprint density at radius 2 is 1.85 bits per heavy atom. The first-order valence-electron chi connectivity index (χ1n) is 7.24. The summed E-state index contributed by atoms with van der Waals surface area (Å²) in [6, 6.07) is 8.09. The molecule has 0 aromatic heterocycles. The summed E-state index contributed by atoms with van der Waals surface area (Å²) in [5.74, 6) is 2.33. The van der Waals surface area contributed by atoms with E-state index < -0.39 is 0 Å². The highest BCUT2D eigenvalue weighted by Gasteiger charge is 2.23. The minimum Gasteiger partial charge on any atom is -0.497 e. The Bertz CT molecular complexity index is 436. The number of ether oxygens (including phenoxy) is 1. The van der Waals surface area contributed by atoms with Crippen molar-refractivity contribution < 1.29 is 4.74 Å². The Kier molecular flexibility index (Phi) is 5.24. The lowest BCUT2D eigenvalue weighted by molar-refractivity contribution is 0.212. The molecular formula is C16H24N2OS. The topological polar surface area (TPSA) is 24.5 Å². The van der Waals surface area contributed by atoms with E-state index in [1.54, 1.807) is 7.11 Å². The van der Waals surface area contributed by atoms with Crippen molar-refractivity contribution in [1.29, 1.82) is 0 Å². The molecular weight excluding hydrogens is 268 g/mol. The number of methoxy groups -OCH3 is 1. The highest BCUT2D eigenvalue weighted by Crippen LogP contribution is 2.21. The summed E-state index contributed by atoms with van der Waals surface area (Å²) in [6.45, 7) is 7.50. The second kappa shape index (κ2) is 6.93. The molecule has 1 saturated heterocycles. The average molecular weight is 292 g/mol. The molecule has 110 valence electrons. The van der Waals surface area contributed by atoms with Crippen molar-refractivity contribution in [3.05, 3.63) is 29.8 Å². The van der Waals surface area contributed by atoms with Gasteiger partial charge < -0.3 is 15.0 Å². The summed E-state index contributed by atoms with van der Waals surface area (Å²) in [5.41, 5.74) is 1.21. The van der Waals surface area contributed by atoms with E-state index in [0.29, 0.717) is 0 Å². The molecule has 1 aromatic carbocycles. The molecule has 0 bridgehead atoms. The van der Waals surface area contributed by atoms with E-state index in [2.05, 4.69) is 36.2 Å². The van der Waals surface area contributed by atoms with E-state index in [9.17, 15) is 0 Å². The third-order valence-electron chi connectivity index (χ3n) is 3.76. The van der Waals surface area contributed by atoms with Crippen molar-refractivity contribution in [1.82, 2.24) is 10.2 Å². The number of benzene rings is 1. The van der Waals surface area contributed by atoms with Crippen molar-refractivity contribution in [2.75, 3.05) is 20.2 Å². The zero-order chi connectivity index (χ0) is 14.5. The number of hydrogen-bond donors (Lipinski definition) is 1. The van der Waals surface area contributed by atoms with Crippen LogP contribution in [0.4, 0.5) is 0 Å². The number of hydrogen-bond acceptors (Lipinski definition) is 2. The van der Waals surface area contributed by atoms with Crippen molar-refractivity contribution in [2.45, 2.75) is 26.8 Å². The number of likely N-dealkylation sites (tertiary alicyclic amines) is 1. The first-order valence-corrected chi connectivity index (χ1v) is 7.65. The van der Waals surface area contributed by atoms with Gasteiger partial charge in [-0.05, 0) is 48.2 Å². The van der Waals surface area contributed by atoms with Crippen LogP contribution in [0.2, 0.25) is 0 Å². The van der Waals surface area contributed by atoms with Crippen LogP contribution in [0.5, 0.6) is 5.75 Å². The van der Waals surface area contributed by atoms with Crippen molar-refractivity contribution >= 4 is 17.3 Å². The molecule has 4 heteroatoms. The third-order valence-corrected chi connectivity index (χ3v) is 4.16. The van der Waals surface area contributed by atoms with E-state index in [1.165, 1.54) is 12.0 Å². The molecule has 1 aliphatic rings. The quantitative estimate of drug-likeness (QED) is 0.866. The lowest BCUT2D eigenvalue weighted by atomic mass is 9.92. The predicted molar refractivity (Wildman–Crippen MR) is 86.9 cm³/mol. The molecule has 1 aliphatic heterocycles. The molecule has 20 heavy (non-hydrogen) atoms. The van der Waals surface area contributed by atoms with E-state index in [4.69, 9.17) is 17.0 Å². The second-order valence-electron chi connectivity index (χ2n) is 5.86. The van der Waals surface area contributed by atoms with Crippen LogP contribution < -0.4 is 10.1 Å². The zero-order valence-electron chi connectivity index (χ0n) is 12.6. The Morgan fingerprint density at radius 1 is 1.25 bits per heavy atom. The van der Waals surface area contributed by atoms with E-state index >= 15 is 0 Å². The normalized spacial score (nSPS) is 22.4. The van der Waals surface area contributed by atoms with Gasteiger partial charge in [0, 0.05) is 19.6 Å². The van der Waals surface area contributed by atoms with Crippen LogP contribution in [0.3, 0.4) is 0 Å². The van der Waals surface area contributed by atoms with Gasteiger partial charge in [0.05, 0.1) is 7.11 Å². The van der Waals surface area contributed by atoms with E-state index in [1.807, 2.05) is 12.1 Å². The number of rotatable bonds is 3. The van der Waals surface area contributed by atoms with Gasteiger partial charge in [-0.1, -0.05) is 26.0 Å². The maximum atomic E-state index is 5.52. The lowest BCUT2D eigenvalue weighted by Gasteiger charge is -2.36. The first-order chi connectivity index (χ1) is 9.58. The average Bonchev–Trinajstić information content (AvgIpc) is 2.44. The predicted octanol–water partition coefficient (Wildman–Crippen LogP) is 3.05. The third kappa shape index (κ3) is 4.10. The molecule has 1 N–H and O–H groups in total. The van der Waals surface area contributed by atoms with E-state index in [0.717, 1.165) is 42.3 Å². The lowest BCUT2D eigenvalue weighted by Crippen LogP contribution is -2.47. The Labute approximate surface area is 127 Å². The maximum Gasteiger partial charge on any atom is 0.169 e. The highest BCUT2D eigenvalue weighted by atomic mass is 32.1. The molecule has 3 nitrogen and oxygen atoms in total. The fourth-order valence-electron chi connectivity index (χ4n) is 2.86. The molecule has 2 atom stereocenters. The van der Waals surface area contributed by atoms with Crippen LogP contribution in [0.25, 0.3) is 0 Å². The van der Waals surface area contributed by atoms with Crippen LogP contribution in [0.15, 0.2) is 24.3 Å². The van der Waals surface area contributed by atoms with Gasteiger partial charge in [-0.15, -0.1) is 0 Å². The van der Waals surface area contributed by atoms with Crippen molar-refractivity contribution in [3.8, 4) is 5.75 Å². The largest absolute Gasteiger partial charge is 0.497 e. The van der Waals surface area contributed by atoms with Crippen LogP contribution in [0, 0.1) is 11.8 Å². The smallest absolute Gasteiger partial charge is 0.169 e. The van der Waals surface area contributed by atoms with Crippen LogP contribution in [0.1, 0.15) is 25.8 Å². The molecule has 1 heterocycles. The van der Waals surface area contributed by atoms with Crippen molar-refractivity contribution in [3.63, 3.8) is 0 Å². The standard InChI is InChI=1S/C16H24N2OS/c1-12-8-13(2)11-18(10-12)16(20)17-9-14-4-6-15(19-3)7-5-14/h4-7,12-13H,8-11H2,1-3H3,(H,17,20)/t12-,13-/m0/s1. The van der Waals surface area contributed by atoms with Gasteiger partial charge >= 0.3 is 0 Å². The van der Waals surface area contributed by atoms with Gasteiger partial charge in [0.25, 0.3) is 0 Å². The monoisotopic (exact) mass is 292 g/mol. The van der Waals surface area contributed by atoms with Crippen LogP contribution in [-0.4, -0.2) is 30.2 Å². The summed E-state index contributed by atoms with van der Waals surface area (Å²) in [7, 11) is 1.68. The zero-order valence-corrected chi connectivity index (χ0v) is 13.4. The summed E-state index contributed by atoms with van der Waals surface area (Å²) in [6.07, 6.45) is 1.30. The molecule has 0 unspecified atom stereocenters. The molecule has 0 saturated carbocycles. The Hall–Kier alpha value is -1.29. The number of piperidine rings is 1. The summed E-state index contributed by atoms with van der Waals surface area (Å²) >= 11 is 5.52. The number of nitrogens with zero attached hydrogens (tertiary/aromatic N) is 1. The molecule has 0 radical (unpaired) electrons. The Morgan fingerprint density at radius 3 is 2.40 bits per heavy atom. The van der Waals surface area contributed by atoms with Gasteiger partial charge in [0.1, 0.15) is 5.75 Å². The van der Waals surface area contributed by atoms with Gasteiger partial charge in [-0.3, -0.25) is 0 Å². The summed E-state index contributed by atoms with van der Waals surface area (Å²) < 4.78 is 5.16. The number of thiocarbonyl (C=S) groups is 1. The summed E-state index contributed by atoms with van der Waals surface area (Å²) in [5, 5.41) is 4.24. The number of nitrogens with one attached hydrogen (secondary N) is 1. The van der Waals surface area contributed by atoms with Gasteiger partial charge in [-0.25, -0.2) is 0 Å². The van der Waals surface area contributed by atoms with Gasteiger partial charge in [-0.2, -0.15) is 0 Å². The minimum absolute atomic E-state index is 0.722. The maximum absolute atomic E-state index is 5.52. The van der Waals surface area contributed by atoms with Crippen molar-refractivity contribution in [2.24, 2.45) is 11.8 Å². The fraction of sp³-hybridized carbons (Fsp3) is 0.562. The highest BCUT2D eigenvalue weighted by molar-refractivity contribution is 7.80. The minimum atomic E-state index is 0.722. The molecule has 0 aliphatic carbocycles. The van der Waals surface area contributed by atoms with Gasteiger partial charge in [0.2, 0.25) is 0 Å². The first kappa shape index (κ1) is 15.1. The van der Waals surface area contributed by atoms with Crippen LogP contribution >= 0.6 is 12.2 Å². The van der Waals surface area contributed by atoms with Crippen LogP contribution in [-0.2, 0) is 6.54 Å². The Balaban J connectivity index is 1.84. The molecule has 1 aromatic rings.